The van der Waals surface area contributed by atoms with Crippen LogP contribution < -0.4 is 5.69 Å². The molecule has 1 N–H and O–H groups in total. The summed E-state index contributed by atoms with van der Waals surface area (Å²) >= 11 is 0. The number of aromatic amines is 1. The van der Waals surface area contributed by atoms with E-state index in [1.165, 1.54) is 0 Å². The highest BCUT2D eigenvalue weighted by molar-refractivity contribution is 5.21. The second-order valence-electron chi connectivity index (χ2n) is 3.20. The number of imidazole rings is 1. The lowest BCUT2D eigenvalue weighted by atomic mass is 10.1. The van der Waals surface area contributed by atoms with Crippen LogP contribution in [0.2, 0.25) is 0 Å². The molecule has 2 rings (SSSR count). The summed E-state index contributed by atoms with van der Waals surface area (Å²) in [6.45, 7) is 2.58. The number of H-pyrrole nitrogens is 1. The van der Waals surface area contributed by atoms with Crippen molar-refractivity contribution in [1.82, 2.24) is 14.5 Å². The van der Waals surface area contributed by atoms with Gasteiger partial charge < -0.3 is 4.98 Å². The zero-order valence-corrected chi connectivity index (χ0v) is 7.90. The molecule has 4 nitrogen and oxygen atoms in total. The molecule has 0 unspecified atom stereocenters. The minimum Gasteiger partial charge on any atom is -0.313 e. The van der Waals surface area contributed by atoms with Crippen LogP contribution in [0.5, 0.6) is 0 Å². The summed E-state index contributed by atoms with van der Waals surface area (Å²) in [5.74, 6) is 0. The number of pyridine rings is 1. The molecular formula is C10H11N3O. The summed E-state index contributed by atoms with van der Waals surface area (Å²) in [5.41, 5.74) is 2.13. The maximum atomic E-state index is 11.2. The molecule has 0 saturated heterocycles. The first-order valence-electron chi connectivity index (χ1n) is 4.40. The van der Waals surface area contributed by atoms with Gasteiger partial charge in [-0.2, -0.15) is 0 Å². The van der Waals surface area contributed by atoms with Crippen LogP contribution in [-0.4, -0.2) is 14.5 Å². The zero-order valence-electron chi connectivity index (χ0n) is 7.90. The number of rotatable bonds is 2. The highest BCUT2D eigenvalue weighted by Gasteiger charge is 2.00. The fourth-order valence-corrected chi connectivity index (χ4v) is 1.34. The Balaban J connectivity index is 2.32. The van der Waals surface area contributed by atoms with Gasteiger partial charge in [0.2, 0.25) is 0 Å². The first-order chi connectivity index (χ1) is 6.77. The predicted octanol–water partition coefficient (Wildman–Crippen LogP) is 0.928. The summed E-state index contributed by atoms with van der Waals surface area (Å²) in [4.78, 5) is 17.8. The largest absolute Gasteiger partial charge is 0.325 e. The van der Waals surface area contributed by atoms with Gasteiger partial charge in [-0.3, -0.25) is 9.55 Å². The molecule has 0 spiro atoms. The quantitative estimate of drug-likeness (QED) is 0.764. The summed E-state index contributed by atoms with van der Waals surface area (Å²) in [6, 6.07) is 1.93. The third-order valence-corrected chi connectivity index (χ3v) is 2.20. The van der Waals surface area contributed by atoms with Crippen molar-refractivity contribution >= 4 is 0 Å². The minimum atomic E-state index is -0.0822. The second kappa shape index (κ2) is 3.49. The molecule has 2 aromatic heterocycles. The van der Waals surface area contributed by atoms with E-state index in [-0.39, 0.29) is 5.69 Å². The summed E-state index contributed by atoms with van der Waals surface area (Å²) in [6.07, 6.45) is 6.91. The predicted molar refractivity (Wildman–Crippen MR) is 53.1 cm³/mol. The van der Waals surface area contributed by atoms with Gasteiger partial charge in [0.15, 0.2) is 0 Å². The van der Waals surface area contributed by atoms with E-state index in [0.717, 1.165) is 11.1 Å². The molecule has 0 aliphatic carbocycles. The molecule has 0 saturated carbocycles. The van der Waals surface area contributed by atoms with Gasteiger partial charge in [-0.25, -0.2) is 4.79 Å². The smallest absolute Gasteiger partial charge is 0.313 e. The first kappa shape index (κ1) is 8.74. The number of nitrogens with one attached hydrogen (secondary N) is 1. The summed E-state index contributed by atoms with van der Waals surface area (Å²) in [5, 5.41) is 0. The van der Waals surface area contributed by atoms with Crippen LogP contribution in [0, 0.1) is 6.92 Å². The summed E-state index contributed by atoms with van der Waals surface area (Å²) in [7, 11) is 0. The Labute approximate surface area is 81.2 Å². The highest BCUT2D eigenvalue weighted by Crippen LogP contribution is 2.05. The Hall–Kier alpha value is -1.84. The lowest BCUT2D eigenvalue weighted by Gasteiger charge is -2.04. The number of hydrogen-bond donors (Lipinski definition) is 1. The zero-order chi connectivity index (χ0) is 9.97. The number of hydrogen-bond acceptors (Lipinski definition) is 2. The van der Waals surface area contributed by atoms with Gasteiger partial charge in [0.25, 0.3) is 0 Å². The van der Waals surface area contributed by atoms with Crippen molar-refractivity contribution in [1.29, 1.82) is 0 Å². The topological polar surface area (TPSA) is 50.7 Å². The maximum absolute atomic E-state index is 11.2. The van der Waals surface area contributed by atoms with Crippen molar-refractivity contribution in [3.8, 4) is 0 Å². The van der Waals surface area contributed by atoms with Gasteiger partial charge in [-0.1, -0.05) is 0 Å². The van der Waals surface area contributed by atoms with Crippen molar-refractivity contribution in [3.63, 3.8) is 0 Å². The standard InChI is InChI=1S/C10H11N3O/c1-8-6-11-3-2-9(8)7-13-5-4-12-10(13)14/h2-6H,7H2,1H3,(H,12,14). The van der Waals surface area contributed by atoms with Crippen molar-refractivity contribution in [3.05, 3.63) is 52.5 Å². The molecule has 0 amide bonds. The maximum Gasteiger partial charge on any atom is 0.325 e. The van der Waals surface area contributed by atoms with E-state index in [9.17, 15) is 4.79 Å². The second-order valence-corrected chi connectivity index (χ2v) is 3.20. The molecule has 0 aliphatic heterocycles. The van der Waals surface area contributed by atoms with Crippen molar-refractivity contribution in [2.24, 2.45) is 0 Å². The monoisotopic (exact) mass is 189 g/mol. The molecule has 72 valence electrons. The Morgan fingerprint density at radius 2 is 2.43 bits per heavy atom. The lowest BCUT2D eigenvalue weighted by Crippen LogP contribution is -2.17. The van der Waals surface area contributed by atoms with Crippen LogP contribution in [0.15, 0.2) is 35.6 Å². The van der Waals surface area contributed by atoms with Crippen LogP contribution >= 0.6 is 0 Å². The number of aromatic nitrogens is 3. The molecule has 0 atom stereocenters. The average molecular weight is 189 g/mol. The molecule has 0 fully saturated rings. The molecule has 2 aromatic rings. The van der Waals surface area contributed by atoms with Crippen LogP contribution in [0.4, 0.5) is 0 Å². The Bertz CT molecular complexity index is 484. The Kier molecular flexibility index (Phi) is 2.18. The van der Waals surface area contributed by atoms with Crippen LogP contribution in [0.3, 0.4) is 0 Å². The SMILES string of the molecule is Cc1cnccc1Cn1cc[nH]c1=O. The molecule has 0 bridgehead atoms. The molecule has 0 radical (unpaired) electrons. The van der Waals surface area contributed by atoms with E-state index < -0.39 is 0 Å². The Morgan fingerprint density at radius 1 is 1.57 bits per heavy atom. The normalized spacial score (nSPS) is 10.4. The minimum absolute atomic E-state index is 0.0822. The molecule has 2 heterocycles. The van der Waals surface area contributed by atoms with Gasteiger partial charge >= 0.3 is 5.69 Å². The fraction of sp³-hybridized carbons (Fsp3) is 0.200. The van der Waals surface area contributed by atoms with E-state index >= 15 is 0 Å². The molecule has 0 aliphatic rings. The first-order valence-corrected chi connectivity index (χ1v) is 4.40. The highest BCUT2D eigenvalue weighted by atomic mass is 16.1. The van der Waals surface area contributed by atoms with Gasteiger partial charge in [0, 0.05) is 24.8 Å². The average Bonchev–Trinajstić information content (AvgIpc) is 2.56. The van der Waals surface area contributed by atoms with E-state index in [0.29, 0.717) is 6.54 Å². The third-order valence-electron chi connectivity index (χ3n) is 2.20. The van der Waals surface area contributed by atoms with Crippen LogP contribution in [0.25, 0.3) is 0 Å². The van der Waals surface area contributed by atoms with Crippen LogP contribution in [0.1, 0.15) is 11.1 Å². The number of nitrogens with zero attached hydrogens (tertiary/aromatic N) is 2. The third kappa shape index (κ3) is 1.59. The van der Waals surface area contributed by atoms with Gasteiger partial charge in [-0.05, 0) is 24.1 Å². The molecule has 0 aromatic carbocycles. The molecule has 14 heavy (non-hydrogen) atoms. The van der Waals surface area contributed by atoms with Crippen molar-refractivity contribution < 1.29 is 0 Å². The van der Waals surface area contributed by atoms with Gasteiger partial charge in [0.1, 0.15) is 0 Å². The fourth-order valence-electron chi connectivity index (χ4n) is 1.34. The molecule has 4 heteroatoms. The van der Waals surface area contributed by atoms with Crippen LogP contribution in [-0.2, 0) is 6.54 Å². The number of aryl methyl sites for hydroxylation is 1. The van der Waals surface area contributed by atoms with E-state index in [4.69, 9.17) is 0 Å². The van der Waals surface area contributed by atoms with E-state index in [1.54, 1.807) is 29.4 Å². The van der Waals surface area contributed by atoms with Gasteiger partial charge in [0.05, 0.1) is 6.54 Å². The van der Waals surface area contributed by atoms with E-state index in [2.05, 4.69) is 9.97 Å². The van der Waals surface area contributed by atoms with Gasteiger partial charge in [-0.15, -0.1) is 0 Å². The Morgan fingerprint density at radius 3 is 3.07 bits per heavy atom. The van der Waals surface area contributed by atoms with Crippen molar-refractivity contribution in [2.45, 2.75) is 13.5 Å². The molecular weight excluding hydrogens is 178 g/mol. The van der Waals surface area contributed by atoms with E-state index in [1.807, 2.05) is 13.0 Å². The lowest BCUT2D eigenvalue weighted by molar-refractivity contribution is 0.756. The summed E-state index contributed by atoms with van der Waals surface area (Å²) < 4.78 is 1.63. The van der Waals surface area contributed by atoms with Crippen molar-refractivity contribution in [2.75, 3.05) is 0 Å².